The Morgan fingerprint density at radius 3 is 2.42 bits per heavy atom. The van der Waals surface area contributed by atoms with E-state index in [-0.39, 0.29) is 19.6 Å². The van der Waals surface area contributed by atoms with Crippen LogP contribution in [0.1, 0.15) is 33.0 Å². The summed E-state index contributed by atoms with van der Waals surface area (Å²) < 4.78 is 75.6. The van der Waals surface area contributed by atoms with Crippen molar-refractivity contribution in [3.63, 3.8) is 0 Å². The van der Waals surface area contributed by atoms with Crippen LogP contribution in [-0.4, -0.2) is 70.0 Å². The van der Waals surface area contributed by atoms with Gasteiger partial charge in [-0.25, -0.2) is 18.6 Å². The minimum atomic E-state index is -4.73. The van der Waals surface area contributed by atoms with Crippen LogP contribution in [0.2, 0.25) is 0 Å². The number of carbonyl (C=O) groups is 2. The van der Waals surface area contributed by atoms with Crippen LogP contribution in [0.25, 0.3) is 22.2 Å². The summed E-state index contributed by atoms with van der Waals surface area (Å²) in [5.41, 5.74) is 2.89. The number of alkyl halides is 3. The molecule has 5 rings (SSSR count). The Hall–Kier alpha value is -4.72. The first-order valence-corrected chi connectivity index (χ1v) is 13.9. The zero-order valence-corrected chi connectivity index (χ0v) is 24.4. The largest absolute Gasteiger partial charge is 0.480 e. The van der Waals surface area contributed by atoms with Gasteiger partial charge in [-0.15, -0.1) is 0 Å². The van der Waals surface area contributed by atoms with Crippen molar-refractivity contribution < 1.29 is 41.4 Å². The van der Waals surface area contributed by atoms with Gasteiger partial charge in [0.25, 0.3) is 5.91 Å². The second-order valence-corrected chi connectivity index (χ2v) is 10.7. The molecule has 1 fully saturated rings. The molecule has 0 bridgehead atoms. The summed E-state index contributed by atoms with van der Waals surface area (Å²) in [5.74, 6) is -5.73. The molecule has 14 heteroatoms. The Bertz CT molecular complexity index is 1780. The minimum absolute atomic E-state index is 0.0960. The van der Waals surface area contributed by atoms with Crippen LogP contribution in [0.15, 0.2) is 42.6 Å². The van der Waals surface area contributed by atoms with Crippen LogP contribution in [-0.2, 0) is 16.0 Å². The van der Waals surface area contributed by atoms with E-state index in [1.807, 2.05) is 20.8 Å². The van der Waals surface area contributed by atoms with Gasteiger partial charge in [0.05, 0.1) is 41.5 Å². The van der Waals surface area contributed by atoms with Gasteiger partial charge >= 0.3 is 12.1 Å². The Balaban J connectivity index is 1.43. The Morgan fingerprint density at radius 2 is 1.76 bits per heavy atom. The summed E-state index contributed by atoms with van der Waals surface area (Å²) in [4.78, 5) is 39.6. The Kier molecular flexibility index (Phi) is 8.70. The zero-order valence-electron chi connectivity index (χ0n) is 24.4. The second kappa shape index (κ2) is 12.3. The van der Waals surface area contributed by atoms with Crippen molar-refractivity contribution in [3.05, 3.63) is 82.4 Å². The molecule has 45 heavy (non-hydrogen) atoms. The van der Waals surface area contributed by atoms with Crippen LogP contribution in [0.4, 0.5) is 27.6 Å². The summed E-state index contributed by atoms with van der Waals surface area (Å²) in [7, 11) is 0. The molecular weight excluding hydrogens is 601 g/mol. The monoisotopic (exact) mass is 629 g/mol. The number of hydrogen-bond acceptors (Lipinski definition) is 7. The highest BCUT2D eigenvalue weighted by Crippen LogP contribution is 2.33. The van der Waals surface area contributed by atoms with E-state index in [0.717, 1.165) is 16.3 Å². The molecule has 0 aliphatic carbocycles. The lowest BCUT2D eigenvalue weighted by Gasteiger charge is -2.38. The number of anilines is 1. The summed E-state index contributed by atoms with van der Waals surface area (Å²) in [6, 6.07) is 4.24. The number of amides is 1. The normalized spacial score (nSPS) is 16.1. The fourth-order valence-corrected chi connectivity index (χ4v) is 5.35. The first kappa shape index (κ1) is 31.7. The summed E-state index contributed by atoms with van der Waals surface area (Å²) in [5, 5.41) is 12.6. The molecule has 9 nitrogen and oxygen atoms in total. The lowest BCUT2D eigenvalue weighted by atomic mass is 9.96. The molecule has 4 aromatic rings. The van der Waals surface area contributed by atoms with Crippen molar-refractivity contribution in [1.82, 2.24) is 20.3 Å². The van der Waals surface area contributed by atoms with Gasteiger partial charge in [-0.1, -0.05) is 18.2 Å². The number of aryl methyl sites for hydroxylation is 3. The van der Waals surface area contributed by atoms with Gasteiger partial charge in [0.15, 0.2) is 0 Å². The molecule has 0 radical (unpaired) electrons. The molecule has 0 unspecified atom stereocenters. The SMILES string of the molecule is Cc1nc(C)c(-c2ccc(C[C@H](NC(=O)c3c(F)cc(N4CCOC[C@@H]4C(F)(F)F)cc3F)C(=O)O)c3cccnc23)nc1C. The van der Waals surface area contributed by atoms with Crippen molar-refractivity contribution in [3.8, 4) is 11.3 Å². The molecule has 0 spiro atoms. The smallest absolute Gasteiger partial charge is 0.411 e. The maximum absolute atomic E-state index is 15.1. The van der Waals surface area contributed by atoms with Crippen molar-refractivity contribution in [1.29, 1.82) is 0 Å². The number of morpholine rings is 1. The standard InChI is InChI=1S/C31H28F5N5O4/c1-15-16(2)39-27(17(3)38-15)21-7-6-18(20-5-4-8-37-28(20)21)11-24(30(43)44)40-29(42)26-22(32)12-19(13-23(26)33)41-9-10-45-14-25(41)31(34,35)36/h4-8,12-13,24-25H,9-11,14H2,1-3H3,(H,40,42)(H,43,44)/t24-,25+/m0/s1. The van der Waals surface area contributed by atoms with Crippen LogP contribution in [0.5, 0.6) is 0 Å². The van der Waals surface area contributed by atoms with E-state index in [1.54, 1.807) is 30.5 Å². The van der Waals surface area contributed by atoms with E-state index in [1.165, 1.54) is 0 Å². The molecule has 1 aliphatic heterocycles. The third-order valence-corrected chi connectivity index (χ3v) is 7.72. The van der Waals surface area contributed by atoms with Crippen LogP contribution >= 0.6 is 0 Å². The van der Waals surface area contributed by atoms with Crippen molar-refractivity contribution in [2.24, 2.45) is 0 Å². The number of aromatic nitrogens is 3. The molecular formula is C31H28F5N5O4. The molecule has 2 aromatic heterocycles. The van der Waals surface area contributed by atoms with Crippen LogP contribution < -0.4 is 10.2 Å². The van der Waals surface area contributed by atoms with E-state index < -0.39 is 59.6 Å². The van der Waals surface area contributed by atoms with Crippen molar-refractivity contribution in [2.45, 2.75) is 45.5 Å². The van der Waals surface area contributed by atoms with E-state index in [9.17, 15) is 27.9 Å². The summed E-state index contributed by atoms with van der Waals surface area (Å²) in [6.07, 6.45) is -3.44. The average molecular weight is 630 g/mol. The molecule has 0 saturated carbocycles. The fourth-order valence-electron chi connectivity index (χ4n) is 5.35. The molecule has 2 N–H and O–H groups in total. The number of fused-ring (bicyclic) bond motifs is 1. The number of nitrogens with zero attached hydrogens (tertiary/aromatic N) is 4. The van der Waals surface area contributed by atoms with E-state index in [0.29, 0.717) is 45.6 Å². The highest BCUT2D eigenvalue weighted by molar-refractivity contribution is 5.98. The quantitative estimate of drug-likeness (QED) is 0.272. The van der Waals surface area contributed by atoms with Crippen molar-refractivity contribution in [2.75, 3.05) is 24.7 Å². The maximum Gasteiger partial charge on any atom is 0.411 e. The van der Waals surface area contributed by atoms with Gasteiger partial charge in [-0.05, 0) is 44.5 Å². The highest BCUT2D eigenvalue weighted by atomic mass is 19.4. The fraction of sp³-hybridized carbons (Fsp3) is 0.323. The van der Waals surface area contributed by atoms with Gasteiger partial charge in [-0.3, -0.25) is 14.8 Å². The number of hydrogen-bond donors (Lipinski definition) is 2. The Morgan fingerprint density at radius 1 is 1.07 bits per heavy atom. The van der Waals surface area contributed by atoms with Gasteiger partial charge in [-0.2, -0.15) is 13.2 Å². The number of carbonyl (C=O) groups excluding carboxylic acids is 1. The number of ether oxygens (including phenoxy) is 1. The Labute approximate surface area is 254 Å². The van der Waals surface area contributed by atoms with Gasteiger partial charge < -0.3 is 20.1 Å². The molecule has 1 saturated heterocycles. The number of carboxylic acid groups (broad SMARTS) is 1. The first-order valence-electron chi connectivity index (χ1n) is 13.9. The van der Waals surface area contributed by atoms with Crippen LogP contribution in [0, 0.1) is 32.4 Å². The van der Waals surface area contributed by atoms with E-state index >= 15 is 8.78 Å². The van der Waals surface area contributed by atoms with Crippen LogP contribution in [0.3, 0.4) is 0 Å². The number of benzene rings is 2. The van der Waals surface area contributed by atoms with Gasteiger partial charge in [0, 0.05) is 35.8 Å². The number of pyridine rings is 1. The van der Waals surface area contributed by atoms with Crippen molar-refractivity contribution >= 4 is 28.5 Å². The predicted molar refractivity (Wildman–Crippen MR) is 154 cm³/mol. The maximum atomic E-state index is 15.1. The molecule has 1 amide bonds. The number of halogens is 5. The molecule has 2 atom stereocenters. The lowest BCUT2D eigenvalue weighted by molar-refractivity contribution is -0.167. The average Bonchev–Trinajstić information content (AvgIpc) is 2.98. The van der Waals surface area contributed by atoms with E-state index in [2.05, 4.69) is 20.3 Å². The molecule has 236 valence electrons. The van der Waals surface area contributed by atoms with E-state index in [4.69, 9.17) is 4.74 Å². The number of nitrogens with one attached hydrogen (secondary N) is 1. The third kappa shape index (κ3) is 6.41. The van der Waals surface area contributed by atoms with Gasteiger partial charge in [0.1, 0.15) is 29.3 Å². The topological polar surface area (TPSA) is 118 Å². The zero-order chi connectivity index (χ0) is 32.6. The lowest BCUT2D eigenvalue weighted by Crippen LogP contribution is -2.53. The third-order valence-electron chi connectivity index (χ3n) is 7.72. The first-order chi connectivity index (χ1) is 21.3. The second-order valence-electron chi connectivity index (χ2n) is 10.7. The summed E-state index contributed by atoms with van der Waals surface area (Å²) >= 11 is 0. The summed E-state index contributed by atoms with van der Waals surface area (Å²) in [6.45, 7) is 4.38. The number of rotatable bonds is 7. The number of carboxylic acids is 1. The highest BCUT2D eigenvalue weighted by Gasteiger charge is 2.46. The molecule has 2 aromatic carbocycles. The molecule has 1 aliphatic rings. The number of aliphatic carboxylic acids is 1. The predicted octanol–water partition coefficient (Wildman–Crippen LogP) is 5.09. The molecule has 3 heterocycles. The van der Waals surface area contributed by atoms with Gasteiger partial charge in [0.2, 0.25) is 0 Å². The minimum Gasteiger partial charge on any atom is -0.480 e.